The molecule has 0 atom stereocenters. The van der Waals surface area contributed by atoms with Crippen LogP contribution in [0.1, 0.15) is 0 Å². The van der Waals surface area contributed by atoms with Crippen molar-refractivity contribution in [2.24, 2.45) is 0 Å². The third-order valence-electron chi connectivity index (χ3n) is 1.20. The molecular weight excluding hydrogens is 158 g/mol. The number of hydrogen-bond acceptors (Lipinski definition) is 5. The van der Waals surface area contributed by atoms with Gasteiger partial charge in [0.05, 0.1) is 13.3 Å². The lowest BCUT2D eigenvalue weighted by atomic mass is 10.6. The number of carbonyl (C=O) groups is 1. The molecule has 0 amide bonds. The average Bonchev–Trinajstić information content (AvgIpc) is 2.16. The van der Waals surface area contributed by atoms with E-state index in [4.69, 9.17) is 0 Å². The second-order valence-electron chi connectivity index (χ2n) is 2.02. The van der Waals surface area contributed by atoms with E-state index < -0.39 is 0 Å². The fraction of sp³-hybridized carbons (Fsp3) is 0.286. The van der Waals surface area contributed by atoms with E-state index in [2.05, 4.69) is 20.0 Å². The van der Waals surface area contributed by atoms with E-state index in [1.54, 1.807) is 12.4 Å². The molecule has 0 unspecified atom stereocenters. The van der Waals surface area contributed by atoms with Crippen LogP contribution in [0.2, 0.25) is 0 Å². The quantitative estimate of drug-likeness (QED) is 0.645. The highest BCUT2D eigenvalue weighted by Gasteiger charge is 1.98. The Kier molecular flexibility index (Phi) is 3.01. The van der Waals surface area contributed by atoms with Crippen molar-refractivity contribution in [2.45, 2.75) is 0 Å². The maximum atomic E-state index is 10.7. The lowest BCUT2D eigenvalue weighted by Crippen LogP contribution is -2.15. The smallest absolute Gasteiger partial charge is 0.325 e. The highest BCUT2D eigenvalue weighted by atomic mass is 16.5. The summed E-state index contributed by atoms with van der Waals surface area (Å²) in [4.78, 5) is 18.4. The first-order valence-corrected chi connectivity index (χ1v) is 3.39. The van der Waals surface area contributed by atoms with Crippen LogP contribution in [-0.4, -0.2) is 29.6 Å². The zero-order valence-electron chi connectivity index (χ0n) is 6.65. The van der Waals surface area contributed by atoms with Crippen molar-refractivity contribution in [2.75, 3.05) is 19.0 Å². The monoisotopic (exact) mass is 167 g/mol. The number of nitrogens with zero attached hydrogens (tertiary/aromatic N) is 2. The molecule has 0 radical (unpaired) electrons. The average molecular weight is 167 g/mol. The van der Waals surface area contributed by atoms with Crippen LogP contribution in [0.15, 0.2) is 18.6 Å². The summed E-state index contributed by atoms with van der Waals surface area (Å²) in [7, 11) is 1.33. The Hall–Kier alpha value is -1.65. The van der Waals surface area contributed by atoms with E-state index in [1.165, 1.54) is 13.3 Å². The number of aromatic nitrogens is 2. The number of ether oxygens (including phenoxy) is 1. The molecule has 1 heterocycles. The van der Waals surface area contributed by atoms with Gasteiger partial charge in [-0.3, -0.25) is 9.78 Å². The minimum atomic E-state index is -0.333. The predicted molar refractivity (Wildman–Crippen MR) is 42.5 cm³/mol. The van der Waals surface area contributed by atoms with Crippen molar-refractivity contribution in [3.8, 4) is 0 Å². The topological polar surface area (TPSA) is 64.1 Å². The van der Waals surface area contributed by atoms with Crippen molar-refractivity contribution in [1.29, 1.82) is 0 Å². The predicted octanol–water partition coefficient (Wildman–Crippen LogP) is 0.0615. The standard InChI is InChI=1S/C7H9N3O2/c1-12-7(11)5-10-6-4-8-2-3-9-6/h2-4H,5H2,1H3,(H,9,10). The van der Waals surface area contributed by atoms with Crippen LogP contribution in [0.5, 0.6) is 0 Å². The molecule has 0 spiro atoms. The van der Waals surface area contributed by atoms with Crippen LogP contribution < -0.4 is 5.32 Å². The first-order valence-electron chi connectivity index (χ1n) is 3.39. The van der Waals surface area contributed by atoms with E-state index in [-0.39, 0.29) is 12.5 Å². The molecule has 0 aliphatic rings. The second kappa shape index (κ2) is 4.27. The summed E-state index contributed by atoms with van der Waals surface area (Å²) >= 11 is 0. The summed E-state index contributed by atoms with van der Waals surface area (Å²) in [5, 5.41) is 2.75. The molecule has 12 heavy (non-hydrogen) atoms. The van der Waals surface area contributed by atoms with Crippen LogP contribution >= 0.6 is 0 Å². The molecule has 1 aromatic heterocycles. The van der Waals surface area contributed by atoms with Crippen molar-refractivity contribution >= 4 is 11.8 Å². The molecule has 0 bridgehead atoms. The van der Waals surface area contributed by atoms with E-state index in [0.717, 1.165) is 0 Å². The van der Waals surface area contributed by atoms with Gasteiger partial charge in [0, 0.05) is 12.4 Å². The highest BCUT2D eigenvalue weighted by molar-refractivity contribution is 5.74. The van der Waals surface area contributed by atoms with Crippen molar-refractivity contribution < 1.29 is 9.53 Å². The number of nitrogens with one attached hydrogen (secondary N) is 1. The molecule has 5 nitrogen and oxygen atoms in total. The molecule has 0 saturated heterocycles. The molecule has 0 aromatic carbocycles. The summed E-state index contributed by atoms with van der Waals surface area (Å²) in [5.41, 5.74) is 0. The third-order valence-corrected chi connectivity index (χ3v) is 1.20. The van der Waals surface area contributed by atoms with Gasteiger partial charge in [-0.05, 0) is 0 Å². The maximum absolute atomic E-state index is 10.7. The maximum Gasteiger partial charge on any atom is 0.325 e. The number of hydrogen-bond donors (Lipinski definition) is 1. The van der Waals surface area contributed by atoms with Gasteiger partial charge in [-0.25, -0.2) is 4.98 Å². The molecule has 1 N–H and O–H groups in total. The summed E-state index contributed by atoms with van der Waals surface area (Å²) in [6, 6.07) is 0. The summed E-state index contributed by atoms with van der Waals surface area (Å²) < 4.78 is 4.42. The molecule has 1 aromatic rings. The zero-order valence-corrected chi connectivity index (χ0v) is 6.65. The van der Waals surface area contributed by atoms with E-state index in [9.17, 15) is 4.79 Å². The largest absolute Gasteiger partial charge is 0.468 e. The molecule has 5 heteroatoms. The molecule has 1 rings (SSSR count). The van der Waals surface area contributed by atoms with Gasteiger partial charge in [-0.15, -0.1) is 0 Å². The highest BCUT2D eigenvalue weighted by Crippen LogP contribution is 1.95. The van der Waals surface area contributed by atoms with Gasteiger partial charge in [-0.2, -0.15) is 0 Å². The van der Waals surface area contributed by atoms with E-state index in [1.807, 2.05) is 0 Å². The van der Waals surface area contributed by atoms with Gasteiger partial charge in [0.2, 0.25) is 0 Å². The molecular formula is C7H9N3O2. The lowest BCUT2D eigenvalue weighted by molar-refractivity contribution is -0.138. The Labute approximate surface area is 69.8 Å². The van der Waals surface area contributed by atoms with Gasteiger partial charge in [0.1, 0.15) is 12.4 Å². The van der Waals surface area contributed by atoms with Gasteiger partial charge in [-0.1, -0.05) is 0 Å². The van der Waals surface area contributed by atoms with Gasteiger partial charge < -0.3 is 10.1 Å². The van der Waals surface area contributed by atoms with E-state index in [0.29, 0.717) is 5.82 Å². The van der Waals surface area contributed by atoms with Crippen LogP contribution in [0, 0.1) is 0 Å². The Morgan fingerprint density at radius 2 is 2.50 bits per heavy atom. The van der Waals surface area contributed by atoms with Crippen LogP contribution in [-0.2, 0) is 9.53 Å². The lowest BCUT2D eigenvalue weighted by Gasteiger charge is -2.01. The van der Waals surface area contributed by atoms with Crippen LogP contribution in [0.25, 0.3) is 0 Å². The van der Waals surface area contributed by atoms with Gasteiger partial charge in [0.15, 0.2) is 0 Å². The first kappa shape index (κ1) is 8.45. The molecule has 0 aliphatic carbocycles. The van der Waals surface area contributed by atoms with Crippen molar-refractivity contribution in [3.05, 3.63) is 18.6 Å². The number of anilines is 1. The fourth-order valence-corrected chi connectivity index (χ4v) is 0.625. The fourth-order valence-electron chi connectivity index (χ4n) is 0.625. The molecule has 0 aliphatic heterocycles. The van der Waals surface area contributed by atoms with Gasteiger partial charge >= 0.3 is 5.97 Å². The SMILES string of the molecule is COC(=O)CNc1cnccn1. The summed E-state index contributed by atoms with van der Waals surface area (Å²) in [6.45, 7) is 0.106. The molecule has 0 fully saturated rings. The van der Waals surface area contributed by atoms with Crippen molar-refractivity contribution in [3.63, 3.8) is 0 Å². The summed E-state index contributed by atoms with van der Waals surface area (Å²) in [5.74, 6) is 0.226. The van der Waals surface area contributed by atoms with Crippen LogP contribution in [0.3, 0.4) is 0 Å². The Balaban J connectivity index is 2.38. The third kappa shape index (κ3) is 2.53. The van der Waals surface area contributed by atoms with Crippen molar-refractivity contribution in [1.82, 2.24) is 9.97 Å². The minimum absolute atomic E-state index is 0.106. The number of carbonyl (C=O) groups excluding carboxylic acids is 1. The van der Waals surface area contributed by atoms with Gasteiger partial charge in [0.25, 0.3) is 0 Å². The Bertz CT molecular complexity index is 250. The second-order valence-corrected chi connectivity index (χ2v) is 2.02. The number of rotatable bonds is 3. The zero-order chi connectivity index (χ0) is 8.81. The summed E-state index contributed by atoms with van der Waals surface area (Å²) in [6.07, 6.45) is 4.63. The molecule has 0 saturated carbocycles. The first-order chi connectivity index (χ1) is 5.83. The number of esters is 1. The minimum Gasteiger partial charge on any atom is -0.468 e. The van der Waals surface area contributed by atoms with E-state index >= 15 is 0 Å². The Morgan fingerprint density at radius 1 is 1.67 bits per heavy atom. The normalized spacial score (nSPS) is 9.08. The number of methoxy groups -OCH3 is 1. The van der Waals surface area contributed by atoms with Crippen LogP contribution in [0.4, 0.5) is 5.82 Å². The Morgan fingerprint density at radius 3 is 3.08 bits per heavy atom. The molecule has 64 valence electrons.